The molecule has 3 aliphatic rings. The zero-order valence-electron chi connectivity index (χ0n) is 24.1. The molecule has 1 saturated carbocycles. The Bertz CT molecular complexity index is 1250. The molecule has 5 nitrogen and oxygen atoms in total. The zero-order chi connectivity index (χ0) is 28.3. The van der Waals surface area contributed by atoms with Crippen molar-refractivity contribution in [1.82, 2.24) is 0 Å². The number of hydrogen-bond acceptors (Lipinski definition) is 5. The van der Waals surface area contributed by atoms with Crippen LogP contribution in [0.25, 0.3) is 0 Å². The number of rotatable bonds is 7. The fraction of sp³-hybridized carbons (Fsp3) is 0.545. The molecule has 1 heterocycles. The summed E-state index contributed by atoms with van der Waals surface area (Å²) in [6.45, 7) is 15.4. The summed E-state index contributed by atoms with van der Waals surface area (Å²) in [5.41, 5.74) is -1.47. The van der Waals surface area contributed by atoms with Crippen LogP contribution in [-0.4, -0.2) is 34.2 Å². The molecule has 0 amide bonds. The molecule has 1 aromatic carbocycles. The number of Topliss-reactive ketones (excluding diaryl/α,β-unsaturated/α-hetero) is 3. The fourth-order valence-electron chi connectivity index (χ4n) is 6.82. The van der Waals surface area contributed by atoms with Gasteiger partial charge in [0.15, 0.2) is 23.1 Å². The van der Waals surface area contributed by atoms with E-state index in [1.54, 1.807) is 24.3 Å². The predicted molar refractivity (Wildman–Crippen MR) is 148 cm³/mol. The van der Waals surface area contributed by atoms with Crippen LogP contribution in [0.1, 0.15) is 91.4 Å². The lowest BCUT2D eigenvalue weighted by Crippen LogP contribution is -2.65. The summed E-state index contributed by atoms with van der Waals surface area (Å²) in [5.74, 6) is -0.622. The SMILES string of the molecule is CC(C)=CCC1CC2(C(=O)c3ccccc3)C(=O)C(CC=C(C)C)(CC3=C2OC(C(C)(C)O)C3=O)C1(C)C. The summed E-state index contributed by atoms with van der Waals surface area (Å²) < 4.78 is 6.26. The molecule has 204 valence electrons. The van der Waals surface area contributed by atoms with Crippen molar-refractivity contribution < 1.29 is 24.2 Å². The second kappa shape index (κ2) is 9.44. The topological polar surface area (TPSA) is 80.7 Å². The summed E-state index contributed by atoms with van der Waals surface area (Å²) in [6.07, 6.45) is 4.72. The average molecular weight is 519 g/mol. The Balaban J connectivity index is 2.04. The Kier molecular flexibility index (Phi) is 7.01. The van der Waals surface area contributed by atoms with Gasteiger partial charge in [0, 0.05) is 16.6 Å². The Morgan fingerprint density at radius 3 is 2.21 bits per heavy atom. The van der Waals surface area contributed by atoms with Crippen LogP contribution < -0.4 is 0 Å². The molecule has 0 saturated heterocycles. The number of ketones is 3. The van der Waals surface area contributed by atoms with Crippen molar-refractivity contribution in [1.29, 1.82) is 0 Å². The first kappa shape index (κ1) is 28.2. The second-order valence-electron chi connectivity index (χ2n) is 13.1. The predicted octanol–water partition coefficient (Wildman–Crippen LogP) is 6.57. The number of aliphatic hydroxyl groups is 1. The minimum atomic E-state index is -1.62. The molecule has 5 heteroatoms. The molecule has 4 rings (SSSR count). The summed E-state index contributed by atoms with van der Waals surface area (Å²) in [5, 5.41) is 10.9. The van der Waals surface area contributed by atoms with Crippen LogP contribution in [0.4, 0.5) is 0 Å². The van der Waals surface area contributed by atoms with Gasteiger partial charge < -0.3 is 9.84 Å². The van der Waals surface area contributed by atoms with Crippen molar-refractivity contribution >= 4 is 17.3 Å². The molecule has 0 spiro atoms. The highest BCUT2D eigenvalue weighted by Crippen LogP contribution is 2.68. The summed E-state index contributed by atoms with van der Waals surface area (Å²) in [4.78, 5) is 43.4. The highest BCUT2D eigenvalue weighted by molar-refractivity contribution is 6.22. The van der Waals surface area contributed by atoms with Crippen molar-refractivity contribution in [3.8, 4) is 0 Å². The van der Waals surface area contributed by atoms with Gasteiger partial charge in [0.05, 0.1) is 0 Å². The molecule has 1 aliphatic heterocycles. The van der Waals surface area contributed by atoms with Crippen LogP contribution >= 0.6 is 0 Å². The van der Waals surface area contributed by atoms with E-state index in [1.165, 1.54) is 19.4 Å². The Hall–Kier alpha value is -2.79. The van der Waals surface area contributed by atoms with E-state index in [0.29, 0.717) is 24.0 Å². The number of carbonyl (C=O) groups is 3. The van der Waals surface area contributed by atoms with Crippen molar-refractivity contribution in [2.45, 2.75) is 92.8 Å². The van der Waals surface area contributed by atoms with Gasteiger partial charge in [-0.15, -0.1) is 0 Å². The van der Waals surface area contributed by atoms with E-state index in [0.717, 1.165) is 5.57 Å². The van der Waals surface area contributed by atoms with Gasteiger partial charge in [0.1, 0.15) is 11.4 Å². The highest BCUT2D eigenvalue weighted by atomic mass is 16.5. The highest BCUT2D eigenvalue weighted by Gasteiger charge is 2.73. The number of ether oxygens (including phenoxy) is 1. The molecule has 1 N–H and O–H groups in total. The molecular weight excluding hydrogens is 476 g/mol. The van der Waals surface area contributed by atoms with Gasteiger partial charge in [-0.2, -0.15) is 0 Å². The first-order valence-corrected chi connectivity index (χ1v) is 13.7. The molecule has 0 radical (unpaired) electrons. The van der Waals surface area contributed by atoms with Crippen LogP contribution in [0.15, 0.2) is 65.0 Å². The normalized spacial score (nSPS) is 29.9. The van der Waals surface area contributed by atoms with Crippen LogP contribution in [-0.2, 0) is 14.3 Å². The molecule has 38 heavy (non-hydrogen) atoms. The number of fused-ring (bicyclic) bond motifs is 3. The van der Waals surface area contributed by atoms with Gasteiger partial charge in [-0.25, -0.2) is 0 Å². The van der Waals surface area contributed by atoms with Crippen molar-refractivity contribution in [2.75, 3.05) is 0 Å². The van der Waals surface area contributed by atoms with E-state index >= 15 is 4.79 Å². The lowest BCUT2D eigenvalue weighted by Gasteiger charge is -2.60. The van der Waals surface area contributed by atoms with E-state index in [4.69, 9.17) is 4.74 Å². The minimum absolute atomic E-state index is 0.0118. The Morgan fingerprint density at radius 2 is 1.66 bits per heavy atom. The number of carbonyl (C=O) groups excluding carboxylic acids is 3. The van der Waals surface area contributed by atoms with E-state index in [9.17, 15) is 14.7 Å². The maximum absolute atomic E-state index is 15.0. The van der Waals surface area contributed by atoms with Gasteiger partial charge >= 0.3 is 0 Å². The molecule has 2 aliphatic carbocycles. The second-order valence-corrected chi connectivity index (χ2v) is 13.1. The molecule has 4 unspecified atom stereocenters. The molecule has 1 fully saturated rings. The van der Waals surface area contributed by atoms with Crippen LogP contribution in [0.3, 0.4) is 0 Å². The maximum Gasteiger partial charge on any atom is 0.205 e. The van der Waals surface area contributed by atoms with Crippen LogP contribution in [0.5, 0.6) is 0 Å². The first-order chi connectivity index (χ1) is 17.6. The summed E-state index contributed by atoms with van der Waals surface area (Å²) >= 11 is 0. The monoisotopic (exact) mass is 518 g/mol. The van der Waals surface area contributed by atoms with Gasteiger partial charge in [0.25, 0.3) is 0 Å². The summed E-state index contributed by atoms with van der Waals surface area (Å²) in [7, 11) is 0. The lowest BCUT2D eigenvalue weighted by atomic mass is 9.40. The zero-order valence-corrected chi connectivity index (χ0v) is 24.1. The number of benzene rings is 1. The lowest BCUT2D eigenvalue weighted by molar-refractivity contribution is -0.163. The standard InChI is InChI=1S/C33H42O5/c1-20(2)14-15-23-18-33(26(35)22-12-10-9-11-13-22)27-24(25(34)28(38-27)31(7,8)37)19-32(29(33)36,30(23,5)6)17-16-21(3)4/h9-14,16,23,28,37H,15,17-19H2,1-8H3. The Morgan fingerprint density at radius 1 is 1.05 bits per heavy atom. The Labute approximate surface area is 227 Å². The van der Waals surface area contributed by atoms with Crippen molar-refractivity contribution in [2.24, 2.45) is 22.2 Å². The quantitative estimate of drug-likeness (QED) is 0.251. The maximum atomic E-state index is 15.0. The van der Waals surface area contributed by atoms with Crippen LogP contribution in [0.2, 0.25) is 0 Å². The van der Waals surface area contributed by atoms with Gasteiger partial charge in [-0.05, 0) is 78.6 Å². The van der Waals surface area contributed by atoms with Crippen molar-refractivity contribution in [3.05, 3.63) is 70.5 Å². The third kappa shape index (κ3) is 4.14. The molecular formula is C33H42O5. The number of allylic oxidation sites excluding steroid dienone is 5. The van der Waals surface area contributed by atoms with Gasteiger partial charge in [0.2, 0.25) is 5.78 Å². The van der Waals surface area contributed by atoms with Gasteiger partial charge in [-0.3, -0.25) is 14.4 Å². The minimum Gasteiger partial charge on any atom is -0.482 e. The summed E-state index contributed by atoms with van der Waals surface area (Å²) in [6, 6.07) is 8.87. The molecule has 0 aromatic heterocycles. The third-order valence-electron chi connectivity index (χ3n) is 9.28. The molecule has 1 aromatic rings. The fourth-order valence-corrected chi connectivity index (χ4v) is 6.82. The van der Waals surface area contributed by atoms with Crippen LogP contribution in [0, 0.1) is 22.2 Å². The first-order valence-electron chi connectivity index (χ1n) is 13.7. The van der Waals surface area contributed by atoms with E-state index in [1.807, 2.05) is 19.9 Å². The number of hydrogen-bond donors (Lipinski definition) is 1. The van der Waals surface area contributed by atoms with E-state index in [-0.39, 0.29) is 41.9 Å². The third-order valence-corrected chi connectivity index (χ3v) is 9.28. The van der Waals surface area contributed by atoms with Crippen molar-refractivity contribution in [3.63, 3.8) is 0 Å². The van der Waals surface area contributed by atoms with E-state index in [2.05, 4.69) is 39.8 Å². The smallest absolute Gasteiger partial charge is 0.205 e. The average Bonchev–Trinajstić information content (AvgIpc) is 3.17. The molecule has 2 bridgehead atoms. The largest absolute Gasteiger partial charge is 0.482 e. The molecule has 4 atom stereocenters. The van der Waals surface area contributed by atoms with Gasteiger partial charge in [-0.1, -0.05) is 67.5 Å². The van der Waals surface area contributed by atoms with E-state index < -0.39 is 27.9 Å².